The molecule has 0 spiro atoms. The van der Waals surface area contributed by atoms with E-state index >= 15 is 0 Å². The van der Waals surface area contributed by atoms with Crippen LogP contribution in [0.5, 0.6) is 0 Å². The molecule has 0 saturated carbocycles. The summed E-state index contributed by atoms with van der Waals surface area (Å²) in [7, 11) is 0. The summed E-state index contributed by atoms with van der Waals surface area (Å²) in [4.78, 5) is 0. The minimum atomic E-state index is 0.805. The molecule has 0 radical (unpaired) electrons. The molecule has 1 rings (SSSR count). The monoisotopic (exact) mass is 260 g/mol. The van der Waals surface area contributed by atoms with Gasteiger partial charge >= 0.3 is 0 Å². The molecule has 0 N–H and O–H groups in total. The molecule has 0 amide bonds. The van der Waals surface area contributed by atoms with Crippen LogP contribution in [0.15, 0.2) is 35.9 Å². The zero-order chi connectivity index (χ0) is 13.4. The number of hydrogen-bond donors (Lipinski definition) is 0. The lowest BCUT2D eigenvalue weighted by Crippen LogP contribution is -1.93. The summed E-state index contributed by atoms with van der Waals surface area (Å²) in [5.74, 6) is 0.805. The molecule has 0 bridgehead atoms. The Bertz CT molecular complexity index is 404. The summed E-state index contributed by atoms with van der Waals surface area (Å²) in [6.07, 6.45) is 7.12. The van der Waals surface area contributed by atoms with Gasteiger partial charge in [-0.25, -0.2) is 0 Å². The maximum Gasteiger partial charge on any atom is 0.00862 e. The van der Waals surface area contributed by atoms with Gasteiger partial charge in [-0.2, -0.15) is 0 Å². The van der Waals surface area contributed by atoms with E-state index in [-0.39, 0.29) is 0 Å². The molecule has 1 atom stereocenters. The maximum absolute atomic E-state index is 4.96. The second-order valence-electron chi connectivity index (χ2n) is 5.17. The average Bonchev–Trinajstić information content (AvgIpc) is 2.38. The molecule has 1 aromatic rings. The highest BCUT2D eigenvalue weighted by molar-refractivity contribution is 7.79. The zero-order valence-corrected chi connectivity index (χ0v) is 12.6. The molecule has 0 aliphatic carbocycles. The van der Waals surface area contributed by atoms with E-state index in [2.05, 4.69) is 51.1 Å². The molecule has 1 heteroatoms. The third kappa shape index (κ3) is 5.59. The van der Waals surface area contributed by atoms with Crippen molar-refractivity contribution in [1.82, 2.24) is 0 Å². The highest BCUT2D eigenvalue weighted by Crippen LogP contribution is 2.15. The molecule has 0 aliphatic heterocycles. The lowest BCUT2D eigenvalue weighted by molar-refractivity contribution is 0.556. The standard InChI is InChI=1S/C17H24S/c1-4-14(2)11-15(3)7-5-8-16-9-6-10-17(12-16)13-18/h6-7,9-10,12-14H,4-5,8,11H2,1-3H3. The number of hydrogen-bond acceptors (Lipinski definition) is 1. The molecular weight excluding hydrogens is 236 g/mol. The van der Waals surface area contributed by atoms with Crippen molar-refractivity contribution in [1.29, 1.82) is 0 Å². The molecule has 1 unspecified atom stereocenters. The maximum atomic E-state index is 4.96. The van der Waals surface area contributed by atoms with Gasteiger partial charge in [0.05, 0.1) is 0 Å². The van der Waals surface area contributed by atoms with Gasteiger partial charge in [0, 0.05) is 5.37 Å². The van der Waals surface area contributed by atoms with E-state index < -0.39 is 0 Å². The zero-order valence-electron chi connectivity index (χ0n) is 11.8. The van der Waals surface area contributed by atoms with Crippen LogP contribution in [-0.4, -0.2) is 5.37 Å². The van der Waals surface area contributed by atoms with Gasteiger partial charge in [0.2, 0.25) is 0 Å². The van der Waals surface area contributed by atoms with Gasteiger partial charge in [0.15, 0.2) is 0 Å². The smallest absolute Gasteiger partial charge is 0.00862 e. The van der Waals surface area contributed by atoms with Crippen molar-refractivity contribution in [2.45, 2.75) is 46.5 Å². The van der Waals surface area contributed by atoms with Gasteiger partial charge in [0.1, 0.15) is 0 Å². The first kappa shape index (κ1) is 15.1. The van der Waals surface area contributed by atoms with Gasteiger partial charge in [0.25, 0.3) is 0 Å². The van der Waals surface area contributed by atoms with Gasteiger partial charge < -0.3 is 0 Å². The number of thiocarbonyl (C=S) groups is 1. The Morgan fingerprint density at radius 1 is 1.39 bits per heavy atom. The van der Waals surface area contributed by atoms with Crippen LogP contribution in [0.2, 0.25) is 0 Å². The van der Waals surface area contributed by atoms with Crippen LogP contribution in [0.1, 0.15) is 51.2 Å². The molecule has 18 heavy (non-hydrogen) atoms. The first-order valence-electron chi connectivity index (χ1n) is 6.85. The predicted molar refractivity (Wildman–Crippen MR) is 85.3 cm³/mol. The number of benzene rings is 1. The highest BCUT2D eigenvalue weighted by atomic mass is 32.1. The van der Waals surface area contributed by atoms with E-state index in [4.69, 9.17) is 12.2 Å². The first-order chi connectivity index (χ1) is 8.65. The SMILES string of the molecule is CCC(C)CC(C)=CCCc1cccc(C=S)c1. The summed E-state index contributed by atoms with van der Waals surface area (Å²) in [6, 6.07) is 8.51. The van der Waals surface area contributed by atoms with Crippen LogP contribution < -0.4 is 0 Å². The topological polar surface area (TPSA) is 0 Å². The van der Waals surface area contributed by atoms with E-state index in [9.17, 15) is 0 Å². The van der Waals surface area contributed by atoms with Gasteiger partial charge in [-0.3, -0.25) is 0 Å². The van der Waals surface area contributed by atoms with Crippen molar-refractivity contribution < 1.29 is 0 Å². The van der Waals surface area contributed by atoms with Gasteiger partial charge in [-0.15, -0.1) is 0 Å². The highest BCUT2D eigenvalue weighted by Gasteiger charge is 1.99. The predicted octanol–water partition coefficient (Wildman–Crippen LogP) is 5.35. The van der Waals surface area contributed by atoms with Crippen molar-refractivity contribution >= 4 is 17.6 Å². The van der Waals surface area contributed by atoms with E-state index in [0.29, 0.717) is 0 Å². The summed E-state index contributed by atoms with van der Waals surface area (Å²) >= 11 is 4.96. The summed E-state index contributed by atoms with van der Waals surface area (Å²) in [5.41, 5.74) is 4.04. The van der Waals surface area contributed by atoms with Crippen LogP contribution in [0.4, 0.5) is 0 Å². The van der Waals surface area contributed by atoms with Gasteiger partial charge in [-0.1, -0.05) is 68.4 Å². The van der Waals surface area contributed by atoms with Crippen LogP contribution in [0.3, 0.4) is 0 Å². The molecular formula is C17H24S. The molecule has 0 saturated heterocycles. The Hall–Kier alpha value is -0.950. The van der Waals surface area contributed by atoms with Crippen LogP contribution in [-0.2, 0) is 6.42 Å². The van der Waals surface area contributed by atoms with Crippen molar-refractivity contribution in [3.63, 3.8) is 0 Å². The lowest BCUT2D eigenvalue weighted by Gasteiger charge is -2.08. The van der Waals surface area contributed by atoms with Crippen molar-refractivity contribution in [2.24, 2.45) is 5.92 Å². The van der Waals surface area contributed by atoms with Gasteiger partial charge in [-0.05, 0) is 43.2 Å². The molecule has 98 valence electrons. The Balaban J connectivity index is 2.44. The van der Waals surface area contributed by atoms with Crippen LogP contribution in [0.25, 0.3) is 0 Å². The summed E-state index contributed by atoms with van der Waals surface area (Å²) in [6.45, 7) is 6.83. The normalized spacial score (nSPS) is 13.4. The second kappa shape index (κ2) is 8.20. The van der Waals surface area contributed by atoms with Crippen molar-refractivity contribution in [2.75, 3.05) is 0 Å². The average molecular weight is 260 g/mol. The van der Waals surface area contributed by atoms with Crippen LogP contribution in [0, 0.1) is 5.92 Å². The fourth-order valence-electron chi connectivity index (χ4n) is 2.08. The third-order valence-corrected chi connectivity index (χ3v) is 3.65. The number of aryl methyl sites for hydroxylation is 1. The minimum Gasteiger partial charge on any atom is -0.0881 e. The van der Waals surface area contributed by atoms with E-state index in [1.807, 2.05) is 0 Å². The van der Waals surface area contributed by atoms with E-state index in [0.717, 1.165) is 24.3 Å². The van der Waals surface area contributed by atoms with Crippen molar-refractivity contribution in [3.8, 4) is 0 Å². The molecule has 1 aromatic carbocycles. The first-order valence-corrected chi connectivity index (χ1v) is 7.32. The quantitative estimate of drug-likeness (QED) is 0.470. The minimum absolute atomic E-state index is 0.805. The lowest BCUT2D eigenvalue weighted by atomic mass is 9.98. The molecule has 0 aliphatic rings. The fourth-order valence-corrected chi connectivity index (χ4v) is 2.23. The Labute approximate surface area is 117 Å². The fraction of sp³-hybridized carbons (Fsp3) is 0.471. The summed E-state index contributed by atoms with van der Waals surface area (Å²) < 4.78 is 0. The van der Waals surface area contributed by atoms with Crippen LogP contribution >= 0.6 is 12.2 Å². The van der Waals surface area contributed by atoms with E-state index in [1.165, 1.54) is 24.0 Å². The Kier molecular flexibility index (Phi) is 6.89. The van der Waals surface area contributed by atoms with Crippen molar-refractivity contribution in [3.05, 3.63) is 47.0 Å². The second-order valence-corrected chi connectivity index (χ2v) is 5.41. The molecule has 0 fully saturated rings. The third-order valence-electron chi connectivity index (χ3n) is 3.38. The van der Waals surface area contributed by atoms with E-state index in [1.54, 1.807) is 5.37 Å². The molecule has 0 aromatic heterocycles. The largest absolute Gasteiger partial charge is 0.0881 e. The molecule has 0 heterocycles. The Morgan fingerprint density at radius 3 is 2.83 bits per heavy atom. The summed E-state index contributed by atoms with van der Waals surface area (Å²) in [5, 5.41) is 1.74. The molecule has 0 nitrogen and oxygen atoms in total. The Morgan fingerprint density at radius 2 is 2.17 bits per heavy atom. The number of allylic oxidation sites excluding steroid dienone is 2. The number of rotatable bonds is 7.